The average Bonchev–Trinajstić information content (AvgIpc) is 2.36. The third-order valence-corrected chi connectivity index (χ3v) is 4.25. The monoisotopic (exact) mass is 331 g/mol. The van der Waals surface area contributed by atoms with Crippen molar-refractivity contribution in [1.29, 1.82) is 0 Å². The molecule has 1 rings (SSSR count). The van der Waals surface area contributed by atoms with Crippen LogP contribution in [-0.2, 0) is 6.54 Å². The van der Waals surface area contributed by atoms with Gasteiger partial charge in [-0.05, 0) is 44.0 Å². The quantitative estimate of drug-likeness (QED) is 0.637. The molecule has 3 heteroatoms. The van der Waals surface area contributed by atoms with Gasteiger partial charge in [0.1, 0.15) is 0 Å². The van der Waals surface area contributed by atoms with Crippen LogP contribution in [0.15, 0.2) is 22.7 Å². The lowest BCUT2D eigenvalue weighted by molar-refractivity contribution is 0.192. The lowest BCUT2D eigenvalue weighted by Crippen LogP contribution is -2.33. The Morgan fingerprint density at radius 2 is 2.06 bits per heavy atom. The van der Waals surface area contributed by atoms with E-state index in [1.165, 1.54) is 24.8 Å². The number of hydrogen-bond acceptors (Lipinski definition) is 1. The maximum Gasteiger partial charge on any atom is 0.0462 e. The van der Waals surface area contributed by atoms with E-state index in [-0.39, 0.29) is 0 Å². The molecule has 0 aliphatic heterocycles. The van der Waals surface area contributed by atoms with E-state index in [2.05, 4.69) is 53.7 Å². The van der Waals surface area contributed by atoms with Crippen molar-refractivity contribution in [2.24, 2.45) is 0 Å². The van der Waals surface area contributed by atoms with Gasteiger partial charge in [0.25, 0.3) is 0 Å². The van der Waals surface area contributed by atoms with Crippen molar-refractivity contribution < 1.29 is 0 Å². The first-order valence-corrected chi connectivity index (χ1v) is 7.93. The Hall–Kier alpha value is -0.0500. The molecule has 0 aromatic heterocycles. The van der Waals surface area contributed by atoms with Crippen LogP contribution in [-0.4, -0.2) is 17.5 Å². The molecular weight excluding hydrogens is 310 g/mol. The summed E-state index contributed by atoms with van der Waals surface area (Å²) in [6.45, 7) is 8.87. The summed E-state index contributed by atoms with van der Waals surface area (Å²) < 4.78 is 1.04. The Bertz CT molecular complexity index is 368. The van der Waals surface area contributed by atoms with Crippen molar-refractivity contribution in [3.63, 3.8) is 0 Å². The third kappa shape index (κ3) is 4.91. The third-order valence-electron chi connectivity index (χ3n) is 3.40. The molecule has 0 aliphatic rings. The highest BCUT2D eigenvalue weighted by Crippen LogP contribution is 2.23. The highest BCUT2D eigenvalue weighted by molar-refractivity contribution is 9.10. The molecule has 1 nitrogen and oxygen atoms in total. The number of benzene rings is 1. The average molecular weight is 333 g/mol. The lowest BCUT2D eigenvalue weighted by Gasteiger charge is -2.28. The zero-order valence-corrected chi connectivity index (χ0v) is 13.9. The molecule has 0 saturated heterocycles. The minimum absolute atomic E-state index is 0.608. The molecule has 1 aromatic carbocycles. The van der Waals surface area contributed by atoms with Gasteiger partial charge in [-0.3, -0.25) is 4.90 Å². The summed E-state index contributed by atoms with van der Waals surface area (Å²) in [6, 6.07) is 6.77. The first kappa shape index (κ1) is 16.0. The van der Waals surface area contributed by atoms with E-state index in [1.54, 1.807) is 0 Å². The molecular formula is C15H23BrClN. The van der Waals surface area contributed by atoms with Gasteiger partial charge in [-0.15, -0.1) is 0 Å². The van der Waals surface area contributed by atoms with Gasteiger partial charge in [-0.2, -0.15) is 0 Å². The zero-order chi connectivity index (χ0) is 13.5. The lowest BCUT2D eigenvalue weighted by atomic mass is 10.1. The normalized spacial score (nSPS) is 13.0. The van der Waals surface area contributed by atoms with Crippen LogP contribution in [0.4, 0.5) is 0 Å². The molecule has 1 aromatic rings. The summed E-state index contributed by atoms with van der Waals surface area (Å²) in [4.78, 5) is 2.53. The van der Waals surface area contributed by atoms with Crippen molar-refractivity contribution in [3.05, 3.63) is 33.3 Å². The molecule has 1 atom stereocenters. The fourth-order valence-corrected chi connectivity index (χ4v) is 2.68. The molecule has 102 valence electrons. The van der Waals surface area contributed by atoms with E-state index >= 15 is 0 Å². The van der Waals surface area contributed by atoms with Crippen molar-refractivity contribution in [1.82, 2.24) is 4.90 Å². The highest BCUT2D eigenvalue weighted by atomic mass is 79.9. The molecule has 0 heterocycles. The van der Waals surface area contributed by atoms with Crippen LogP contribution in [0.1, 0.15) is 45.6 Å². The van der Waals surface area contributed by atoms with Crippen molar-refractivity contribution in [3.8, 4) is 0 Å². The summed E-state index contributed by atoms with van der Waals surface area (Å²) in [7, 11) is 0. The Kier molecular flexibility index (Phi) is 7.28. The predicted molar refractivity (Wildman–Crippen MR) is 84.2 cm³/mol. The van der Waals surface area contributed by atoms with Gasteiger partial charge in [-0.25, -0.2) is 0 Å². The summed E-state index contributed by atoms with van der Waals surface area (Å²) in [5, 5.41) is 0.856. The van der Waals surface area contributed by atoms with E-state index < -0.39 is 0 Å². The SMILES string of the molecule is CCCCN(Cc1ccc(Br)cc1Cl)C(C)CC. The maximum atomic E-state index is 6.30. The highest BCUT2D eigenvalue weighted by Gasteiger charge is 2.13. The molecule has 0 bridgehead atoms. The van der Waals surface area contributed by atoms with Crippen LogP contribution < -0.4 is 0 Å². The Labute approximate surface area is 125 Å². The van der Waals surface area contributed by atoms with Crippen LogP contribution in [0, 0.1) is 0 Å². The van der Waals surface area contributed by atoms with Gasteiger partial charge in [0, 0.05) is 22.1 Å². The number of rotatable bonds is 7. The van der Waals surface area contributed by atoms with Crippen LogP contribution in [0.3, 0.4) is 0 Å². The van der Waals surface area contributed by atoms with Gasteiger partial charge >= 0.3 is 0 Å². The van der Waals surface area contributed by atoms with Crippen LogP contribution in [0.25, 0.3) is 0 Å². The summed E-state index contributed by atoms with van der Waals surface area (Å²) >= 11 is 9.75. The molecule has 0 spiro atoms. The van der Waals surface area contributed by atoms with Crippen LogP contribution in [0.2, 0.25) is 5.02 Å². The second-order valence-corrected chi connectivity index (χ2v) is 6.14. The van der Waals surface area contributed by atoms with Crippen molar-refractivity contribution >= 4 is 27.5 Å². The van der Waals surface area contributed by atoms with E-state index in [4.69, 9.17) is 11.6 Å². The first-order valence-electron chi connectivity index (χ1n) is 6.76. The van der Waals surface area contributed by atoms with Gasteiger partial charge in [0.15, 0.2) is 0 Å². The fourth-order valence-electron chi connectivity index (χ4n) is 1.94. The first-order chi connectivity index (χ1) is 8.58. The molecule has 0 aliphatic carbocycles. The summed E-state index contributed by atoms with van der Waals surface area (Å²) in [5.74, 6) is 0. The van der Waals surface area contributed by atoms with E-state index in [0.29, 0.717) is 6.04 Å². The van der Waals surface area contributed by atoms with Crippen LogP contribution >= 0.6 is 27.5 Å². The largest absolute Gasteiger partial charge is 0.296 e. The Balaban J connectivity index is 2.75. The summed E-state index contributed by atoms with van der Waals surface area (Å²) in [6.07, 6.45) is 3.66. The Morgan fingerprint density at radius 1 is 1.33 bits per heavy atom. The topological polar surface area (TPSA) is 3.24 Å². The molecule has 18 heavy (non-hydrogen) atoms. The van der Waals surface area contributed by atoms with E-state index in [1.807, 2.05) is 6.07 Å². The van der Waals surface area contributed by atoms with Crippen LogP contribution in [0.5, 0.6) is 0 Å². The molecule has 0 N–H and O–H groups in total. The fraction of sp³-hybridized carbons (Fsp3) is 0.600. The maximum absolute atomic E-state index is 6.30. The molecule has 0 fully saturated rings. The summed E-state index contributed by atoms with van der Waals surface area (Å²) in [5.41, 5.74) is 1.22. The van der Waals surface area contributed by atoms with Gasteiger partial charge in [0.05, 0.1) is 0 Å². The minimum atomic E-state index is 0.608. The Morgan fingerprint density at radius 3 is 2.61 bits per heavy atom. The molecule has 0 amide bonds. The molecule has 0 saturated carbocycles. The second-order valence-electron chi connectivity index (χ2n) is 4.82. The van der Waals surface area contributed by atoms with E-state index in [0.717, 1.165) is 22.6 Å². The van der Waals surface area contributed by atoms with Gasteiger partial charge in [0.2, 0.25) is 0 Å². The van der Waals surface area contributed by atoms with E-state index in [9.17, 15) is 0 Å². The van der Waals surface area contributed by atoms with Gasteiger partial charge < -0.3 is 0 Å². The second kappa shape index (κ2) is 8.19. The predicted octanol–water partition coefficient (Wildman–Crippen LogP) is 5.50. The number of nitrogens with zero attached hydrogens (tertiary/aromatic N) is 1. The van der Waals surface area contributed by atoms with Crippen molar-refractivity contribution in [2.45, 2.75) is 52.6 Å². The van der Waals surface area contributed by atoms with Crippen molar-refractivity contribution in [2.75, 3.05) is 6.54 Å². The standard InChI is InChI=1S/C15H23BrClN/c1-4-6-9-18(12(3)5-2)11-13-7-8-14(16)10-15(13)17/h7-8,10,12H,4-6,9,11H2,1-3H3. The zero-order valence-electron chi connectivity index (χ0n) is 11.5. The number of hydrogen-bond donors (Lipinski definition) is 0. The van der Waals surface area contributed by atoms with Gasteiger partial charge in [-0.1, -0.05) is 53.9 Å². The number of unbranched alkanes of at least 4 members (excludes halogenated alkanes) is 1. The smallest absolute Gasteiger partial charge is 0.0462 e. The number of halogens is 2. The molecule has 1 unspecified atom stereocenters. The minimum Gasteiger partial charge on any atom is -0.296 e. The molecule has 0 radical (unpaired) electrons.